The van der Waals surface area contributed by atoms with E-state index in [2.05, 4.69) is 39.8 Å². The number of rotatable bonds is 12. The summed E-state index contributed by atoms with van der Waals surface area (Å²) in [4.78, 5) is 0. The highest BCUT2D eigenvalue weighted by Crippen LogP contribution is 2.20. The Kier molecular flexibility index (Phi) is 11.9. The molecule has 2 unspecified atom stereocenters. The summed E-state index contributed by atoms with van der Waals surface area (Å²) in [7, 11) is 0. The van der Waals surface area contributed by atoms with E-state index in [0.29, 0.717) is 11.5 Å². The van der Waals surface area contributed by atoms with Crippen LogP contribution in [-0.4, -0.2) is 22.8 Å². The smallest absolute Gasteiger partial charge is 0.217 e. The Morgan fingerprint density at radius 3 is 1.33 bits per heavy atom. The van der Waals surface area contributed by atoms with Gasteiger partial charge in [-0.15, -0.1) is 0 Å². The normalized spacial score (nSPS) is 14.0. The lowest BCUT2D eigenvalue weighted by Gasteiger charge is -2.14. The summed E-state index contributed by atoms with van der Waals surface area (Å²) in [5.74, 6) is 1.07. The van der Waals surface area contributed by atoms with Crippen molar-refractivity contribution < 1.29 is 19.7 Å². The van der Waals surface area contributed by atoms with Crippen molar-refractivity contribution in [1.29, 1.82) is 0 Å². The summed E-state index contributed by atoms with van der Waals surface area (Å²) >= 11 is 0. The lowest BCUT2D eigenvalue weighted by Crippen LogP contribution is -2.14. The van der Waals surface area contributed by atoms with E-state index in [4.69, 9.17) is 9.47 Å². The first-order valence-corrected chi connectivity index (χ1v) is 10.6. The van der Waals surface area contributed by atoms with Crippen LogP contribution in [0.5, 0.6) is 11.5 Å². The summed E-state index contributed by atoms with van der Waals surface area (Å²) in [5.41, 5.74) is 4.74. The van der Waals surface area contributed by atoms with Crippen LogP contribution in [0.2, 0.25) is 0 Å². The van der Waals surface area contributed by atoms with Gasteiger partial charge in [0.2, 0.25) is 12.6 Å². The molecule has 0 aliphatic rings. The SMILES string of the molecule is CC(C)=CCC/C(C)=C/C(O)Oc1ccc(OC(O)/C=C(\C)CCC=C(C)C)cc1. The molecular weight excluding hydrogens is 376 g/mol. The number of aliphatic hydroxyl groups excluding tert-OH is 2. The van der Waals surface area contributed by atoms with Crippen molar-refractivity contribution in [2.24, 2.45) is 0 Å². The molecule has 0 aliphatic heterocycles. The number of ether oxygens (including phenoxy) is 2. The molecule has 0 aromatic heterocycles. The molecule has 0 saturated heterocycles. The van der Waals surface area contributed by atoms with Gasteiger partial charge >= 0.3 is 0 Å². The minimum atomic E-state index is -1.000. The van der Waals surface area contributed by atoms with Gasteiger partial charge in [-0.05, 0) is 104 Å². The number of hydrogen-bond donors (Lipinski definition) is 2. The monoisotopic (exact) mass is 414 g/mol. The first-order valence-electron chi connectivity index (χ1n) is 10.6. The first-order chi connectivity index (χ1) is 14.2. The number of benzene rings is 1. The van der Waals surface area contributed by atoms with Crippen molar-refractivity contribution in [1.82, 2.24) is 0 Å². The third kappa shape index (κ3) is 12.3. The molecular formula is C26H38O4. The highest BCUT2D eigenvalue weighted by atomic mass is 16.6. The number of hydrogen-bond acceptors (Lipinski definition) is 4. The van der Waals surface area contributed by atoms with Gasteiger partial charge in [-0.1, -0.05) is 34.4 Å². The molecule has 0 saturated carbocycles. The fourth-order valence-electron chi connectivity index (χ4n) is 2.77. The number of aliphatic hydroxyl groups is 2. The van der Waals surface area contributed by atoms with Gasteiger partial charge in [0.05, 0.1) is 0 Å². The Morgan fingerprint density at radius 2 is 1.03 bits per heavy atom. The van der Waals surface area contributed by atoms with Gasteiger partial charge in [0, 0.05) is 0 Å². The van der Waals surface area contributed by atoms with Gasteiger partial charge in [-0.2, -0.15) is 0 Å². The molecule has 1 rings (SSSR count). The summed E-state index contributed by atoms with van der Waals surface area (Å²) in [6.45, 7) is 12.3. The molecule has 2 N–H and O–H groups in total. The molecule has 0 fully saturated rings. The van der Waals surface area contributed by atoms with Crippen LogP contribution in [0.4, 0.5) is 0 Å². The molecule has 1 aromatic rings. The molecule has 2 atom stereocenters. The van der Waals surface area contributed by atoms with Crippen LogP contribution < -0.4 is 9.47 Å². The van der Waals surface area contributed by atoms with Gasteiger partial charge in [0.1, 0.15) is 11.5 Å². The minimum absolute atomic E-state index is 0.533. The Bertz CT molecular complexity index is 681. The van der Waals surface area contributed by atoms with E-state index in [-0.39, 0.29) is 0 Å². The second-order valence-electron chi connectivity index (χ2n) is 8.15. The largest absolute Gasteiger partial charge is 0.461 e. The van der Waals surface area contributed by atoms with Gasteiger partial charge in [-0.3, -0.25) is 0 Å². The molecule has 0 spiro atoms. The third-order valence-electron chi connectivity index (χ3n) is 4.37. The molecule has 0 bridgehead atoms. The molecule has 30 heavy (non-hydrogen) atoms. The minimum Gasteiger partial charge on any atom is -0.461 e. The van der Waals surface area contributed by atoms with Crippen LogP contribution in [0.1, 0.15) is 67.2 Å². The van der Waals surface area contributed by atoms with Crippen molar-refractivity contribution in [3.63, 3.8) is 0 Å². The fraction of sp³-hybridized carbons (Fsp3) is 0.462. The van der Waals surface area contributed by atoms with Crippen LogP contribution >= 0.6 is 0 Å². The van der Waals surface area contributed by atoms with Crippen molar-refractivity contribution in [2.45, 2.75) is 79.8 Å². The Labute approximate surface area is 182 Å². The Balaban J connectivity index is 2.52. The van der Waals surface area contributed by atoms with E-state index in [1.165, 1.54) is 11.1 Å². The summed E-state index contributed by atoms with van der Waals surface area (Å²) in [5, 5.41) is 20.2. The maximum Gasteiger partial charge on any atom is 0.217 e. The summed E-state index contributed by atoms with van der Waals surface area (Å²) < 4.78 is 11.1. The van der Waals surface area contributed by atoms with E-state index < -0.39 is 12.6 Å². The average molecular weight is 415 g/mol. The molecule has 0 amide bonds. The second kappa shape index (κ2) is 13.8. The van der Waals surface area contributed by atoms with Gasteiger partial charge in [0.15, 0.2) is 0 Å². The van der Waals surface area contributed by atoms with Crippen molar-refractivity contribution in [3.8, 4) is 11.5 Å². The van der Waals surface area contributed by atoms with Gasteiger partial charge < -0.3 is 19.7 Å². The molecule has 166 valence electrons. The molecule has 4 heteroatoms. The van der Waals surface area contributed by atoms with Crippen molar-refractivity contribution in [2.75, 3.05) is 0 Å². The van der Waals surface area contributed by atoms with Gasteiger partial charge in [0.25, 0.3) is 0 Å². The predicted octanol–water partition coefficient (Wildman–Crippen LogP) is 6.47. The molecule has 0 heterocycles. The Hall–Kier alpha value is -2.30. The van der Waals surface area contributed by atoms with E-state index in [1.807, 2.05) is 13.8 Å². The fourth-order valence-corrected chi connectivity index (χ4v) is 2.77. The van der Waals surface area contributed by atoms with Crippen LogP contribution in [0.3, 0.4) is 0 Å². The highest BCUT2D eigenvalue weighted by Gasteiger charge is 2.06. The molecule has 0 aliphatic carbocycles. The Morgan fingerprint density at radius 1 is 0.700 bits per heavy atom. The van der Waals surface area contributed by atoms with E-state index in [9.17, 15) is 10.2 Å². The lowest BCUT2D eigenvalue weighted by atomic mass is 10.1. The maximum absolute atomic E-state index is 10.1. The zero-order chi connectivity index (χ0) is 22.5. The molecule has 0 radical (unpaired) electrons. The average Bonchev–Trinajstić information content (AvgIpc) is 2.62. The molecule has 4 nitrogen and oxygen atoms in total. The van der Waals surface area contributed by atoms with E-state index in [1.54, 1.807) is 36.4 Å². The third-order valence-corrected chi connectivity index (χ3v) is 4.37. The number of allylic oxidation sites excluding steroid dienone is 6. The maximum atomic E-state index is 10.1. The quantitative estimate of drug-likeness (QED) is 0.304. The van der Waals surface area contributed by atoms with Crippen LogP contribution in [0.25, 0.3) is 0 Å². The zero-order valence-electron chi connectivity index (χ0n) is 19.3. The van der Waals surface area contributed by atoms with Crippen molar-refractivity contribution >= 4 is 0 Å². The lowest BCUT2D eigenvalue weighted by molar-refractivity contribution is 0.0206. The summed E-state index contributed by atoms with van der Waals surface area (Å²) in [6.07, 6.45) is 9.47. The summed E-state index contributed by atoms with van der Waals surface area (Å²) in [6, 6.07) is 6.85. The predicted molar refractivity (Wildman–Crippen MR) is 125 cm³/mol. The molecule has 1 aromatic carbocycles. The van der Waals surface area contributed by atoms with Gasteiger partial charge in [-0.25, -0.2) is 0 Å². The first kappa shape index (κ1) is 25.7. The topological polar surface area (TPSA) is 58.9 Å². The standard InChI is InChI=1S/C26H38O4/c1-19(2)9-7-11-21(5)17-25(27)29-23-13-15-24(16-14-23)30-26(28)18-22(6)12-8-10-20(3)4/h9-10,13-18,25-28H,7-8,11-12H2,1-6H3/b21-17+,22-18+. The van der Waals surface area contributed by atoms with Crippen LogP contribution in [-0.2, 0) is 0 Å². The second-order valence-corrected chi connectivity index (χ2v) is 8.15. The zero-order valence-corrected chi connectivity index (χ0v) is 19.3. The van der Waals surface area contributed by atoms with E-state index in [0.717, 1.165) is 36.8 Å². The van der Waals surface area contributed by atoms with Crippen molar-refractivity contribution in [3.05, 3.63) is 70.9 Å². The van der Waals surface area contributed by atoms with Crippen LogP contribution in [0, 0.1) is 0 Å². The highest BCUT2D eigenvalue weighted by molar-refractivity contribution is 5.32. The van der Waals surface area contributed by atoms with Crippen LogP contribution in [0.15, 0.2) is 70.9 Å². The van der Waals surface area contributed by atoms with E-state index >= 15 is 0 Å².